The zero-order valence-electron chi connectivity index (χ0n) is 12.9. The average molecular weight is 260 g/mol. The molecule has 2 rings (SSSR count). The van der Waals surface area contributed by atoms with Crippen LogP contribution < -0.4 is 5.32 Å². The fourth-order valence-electron chi connectivity index (χ4n) is 3.24. The van der Waals surface area contributed by atoms with E-state index >= 15 is 0 Å². The van der Waals surface area contributed by atoms with Crippen LogP contribution in [0.25, 0.3) is 0 Å². The van der Waals surface area contributed by atoms with Crippen LogP contribution in [0, 0.1) is 13.8 Å². The van der Waals surface area contributed by atoms with Crippen LogP contribution in [-0.4, -0.2) is 30.1 Å². The highest BCUT2D eigenvalue weighted by molar-refractivity contribution is 5.28. The minimum atomic E-state index is 0.610. The van der Waals surface area contributed by atoms with Crippen molar-refractivity contribution in [1.82, 2.24) is 10.2 Å². The van der Waals surface area contributed by atoms with Gasteiger partial charge in [0.15, 0.2) is 0 Å². The quantitative estimate of drug-likeness (QED) is 0.894. The smallest absolute Gasteiger partial charge is 0.0238 e. The van der Waals surface area contributed by atoms with Gasteiger partial charge in [-0.1, -0.05) is 42.7 Å². The molecule has 0 bridgehead atoms. The Labute approximate surface area is 118 Å². The molecule has 0 aliphatic carbocycles. The minimum absolute atomic E-state index is 0.610. The molecule has 19 heavy (non-hydrogen) atoms. The van der Waals surface area contributed by atoms with E-state index in [-0.39, 0.29) is 0 Å². The summed E-state index contributed by atoms with van der Waals surface area (Å²) >= 11 is 0. The highest BCUT2D eigenvalue weighted by Crippen LogP contribution is 2.18. The van der Waals surface area contributed by atoms with Gasteiger partial charge in [0.2, 0.25) is 0 Å². The lowest BCUT2D eigenvalue weighted by atomic mass is 10.0. The number of piperazine rings is 1. The summed E-state index contributed by atoms with van der Waals surface area (Å²) in [6, 6.07) is 8.24. The van der Waals surface area contributed by atoms with E-state index in [0.29, 0.717) is 12.1 Å². The first-order valence-corrected chi connectivity index (χ1v) is 7.63. The highest BCUT2D eigenvalue weighted by atomic mass is 15.2. The summed E-state index contributed by atoms with van der Waals surface area (Å²) in [5.41, 5.74) is 4.23. The molecule has 0 spiro atoms. The van der Waals surface area contributed by atoms with Crippen LogP contribution >= 0.6 is 0 Å². The van der Waals surface area contributed by atoms with Crippen molar-refractivity contribution in [3.8, 4) is 0 Å². The third-order valence-corrected chi connectivity index (χ3v) is 4.02. The molecule has 106 valence electrons. The number of hydrogen-bond acceptors (Lipinski definition) is 2. The van der Waals surface area contributed by atoms with Crippen LogP contribution in [0.5, 0.6) is 0 Å². The van der Waals surface area contributed by atoms with Crippen LogP contribution in [0.15, 0.2) is 18.2 Å². The first kappa shape index (κ1) is 14.5. The van der Waals surface area contributed by atoms with Gasteiger partial charge in [0.25, 0.3) is 0 Å². The largest absolute Gasteiger partial charge is 0.311 e. The molecule has 1 aromatic rings. The van der Waals surface area contributed by atoms with Crippen LogP contribution in [0.4, 0.5) is 0 Å². The maximum atomic E-state index is 3.61. The van der Waals surface area contributed by atoms with E-state index in [4.69, 9.17) is 0 Å². The molecular weight excluding hydrogens is 232 g/mol. The van der Waals surface area contributed by atoms with Gasteiger partial charge in [-0.3, -0.25) is 4.90 Å². The highest BCUT2D eigenvalue weighted by Gasteiger charge is 2.24. The van der Waals surface area contributed by atoms with Gasteiger partial charge < -0.3 is 5.32 Å². The Morgan fingerprint density at radius 2 is 1.89 bits per heavy atom. The third kappa shape index (κ3) is 4.05. The molecule has 2 atom stereocenters. The summed E-state index contributed by atoms with van der Waals surface area (Å²) in [6.45, 7) is 12.4. The topological polar surface area (TPSA) is 15.3 Å². The molecular formula is C17H28N2. The summed E-state index contributed by atoms with van der Waals surface area (Å²) < 4.78 is 0. The van der Waals surface area contributed by atoms with E-state index in [9.17, 15) is 0 Å². The Balaban J connectivity index is 2.09. The van der Waals surface area contributed by atoms with Crippen molar-refractivity contribution in [2.24, 2.45) is 0 Å². The lowest BCUT2D eigenvalue weighted by Crippen LogP contribution is -2.54. The number of hydrogen-bond donors (Lipinski definition) is 1. The first-order valence-electron chi connectivity index (χ1n) is 7.63. The molecule has 1 aromatic carbocycles. The van der Waals surface area contributed by atoms with Gasteiger partial charge in [-0.25, -0.2) is 0 Å². The van der Waals surface area contributed by atoms with Gasteiger partial charge in [-0.05, 0) is 32.8 Å². The molecule has 0 radical (unpaired) electrons. The molecule has 1 aliphatic heterocycles. The minimum Gasteiger partial charge on any atom is -0.311 e. The number of rotatable bonds is 4. The predicted octanol–water partition coefficient (Wildman–Crippen LogP) is 3.27. The Morgan fingerprint density at radius 3 is 2.53 bits per heavy atom. The second-order valence-corrected chi connectivity index (χ2v) is 6.18. The van der Waals surface area contributed by atoms with Gasteiger partial charge in [0.05, 0.1) is 0 Å². The van der Waals surface area contributed by atoms with E-state index in [1.54, 1.807) is 0 Å². The van der Waals surface area contributed by atoms with Crippen molar-refractivity contribution in [1.29, 1.82) is 0 Å². The molecule has 0 amide bonds. The number of nitrogens with zero attached hydrogens (tertiary/aromatic N) is 1. The molecule has 0 saturated carbocycles. The lowest BCUT2D eigenvalue weighted by molar-refractivity contribution is 0.120. The lowest BCUT2D eigenvalue weighted by Gasteiger charge is -2.39. The summed E-state index contributed by atoms with van der Waals surface area (Å²) in [7, 11) is 0. The van der Waals surface area contributed by atoms with Gasteiger partial charge in [-0.15, -0.1) is 0 Å². The molecule has 1 N–H and O–H groups in total. The molecule has 2 unspecified atom stereocenters. The fraction of sp³-hybridized carbons (Fsp3) is 0.647. The van der Waals surface area contributed by atoms with E-state index in [1.165, 1.54) is 29.5 Å². The van der Waals surface area contributed by atoms with E-state index in [0.717, 1.165) is 19.6 Å². The van der Waals surface area contributed by atoms with E-state index < -0.39 is 0 Å². The van der Waals surface area contributed by atoms with Crippen molar-refractivity contribution in [3.05, 3.63) is 34.9 Å². The summed E-state index contributed by atoms with van der Waals surface area (Å²) in [5.74, 6) is 0. The molecule has 2 nitrogen and oxygen atoms in total. The monoisotopic (exact) mass is 260 g/mol. The zero-order chi connectivity index (χ0) is 13.8. The van der Waals surface area contributed by atoms with Gasteiger partial charge >= 0.3 is 0 Å². The van der Waals surface area contributed by atoms with Crippen molar-refractivity contribution in [3.63, 3.8) is 0 Å². The van der Waals surface area contributed by atoms with E-state index in [1.807, 2.05) is 0 Å². The second kappa shape index (κ2) is 6.53. The molecule has 1 fully saturated rings. The Bertz CT molecular complexity index is 393. The first-order chi connectivity index (χ1) is 9.08. The van der Waals surface area contributed by atoms with Crippen LogP contribution in [-0.2, 0) is 6.54 Å². The Morgan fingerprint density at radius 1 is 1.21 bits per heavy atom. The third-order valence-electron chi connectivity index (χ3n) is 4.02. The summed E-state index contributed by atoms with van der Waals surface area (Å²) in [5, 5.41) is 3.61. The Kier molecular flexibility index (Phi) is 5.00. The van der Waals surface area contributed by atoms with Crippen LogP contribution in [0.3, 0.4) is 0 Å². The fourth-order valence-corrected chi connectivity index (χ4v) is 3.24. The van der Waals surface area contributed by atoms with Crippen molar-refractivity contribution in [2.45, 2.75) is 59.2 Å². The number of nitrogens with one attached hydrogen (secondary N) is 1. The van der Waals surface area contributed by atoms with Gasteiger partial charge in [0, 0.05) is 31.7 Å². The van der Waals surface area contributed by atoms with Gasteiger partial charge in [-0.2, -0.15) is 0 Å². The SMILES string of the molecule is CCCC1CNC(C)CN1Cc1cc(C)cc(C)c1. The average Bonchev–Trinajstić information content (AvgIpc) is 2.31. The maximum Gasteiger partial charge on any atom is 0.0238 e. The molecule has 1 aliphatic rings. The maximum absolute atomic E-state index is 3.61. The van der Waals surface area contributed by atoms with E-state index in [2.05, 4.69) is 56.1 Å². The molecule has 2 heteroatoms. The van der Waals surface area contributed by atoms with Crippen molar-refractivity contribution in [2.75, 3.05) is 13.1 Å². The second-order valence-electron chi connectivity index (χ2n) is 6.18. The van der Waals surface area contributed by atoms with Crippen molar-refractivity contribution >= 4 is 0 Å². The van der Waals surface area contributed by atoms with Crippen molar-refractivity contribution < 1.29 is 0 Å². The number of aryl methyl sites for hydroxylation is 2. The number of benzene rings is 1. The molecule has 1 heterocycles. The molecule has 0 aromatic heterocycles. The Hall–Kier alpha value is -0.860. The molecule has 1 saturated heterocycles. The van der Waals surface area contributed by atoms with Crippen LogP contribution in [0.2, 0.25) is 0 Å². The normalized spacial score (nSPS) is 24.6. The van der Waals surface area contributed by atoms with Gasteiger partial charge in [0.1, 0.15) is 0 Å². The van der Waals surface area contributed by atoms with Crippen LogP contribution in [0.1, 0.15) is 43.4 Å². The zero-order valence-corrected chi connectivity index (χ0v) is 12.9. The predicted molar refractivity (Wildman–Crippen MR) is 82.5 cm³/mol. The standard InChI is InChI=1S/C17H28N2/c1-5-6-17-10-18-15(4)11-19(17)12-16-8-13(2)7-14(3)9-16/h7-9,15,17-18H,5-6,10-12H2,1-4H3. The summed E-state index contributed by atoms with van der Waals surface area (Å²) in [6.07, 6.45) is 2.56. The summed E-state index contributed by atoms with van der Waals surface area (Å²) in [4.78, 5) is 2.67.